The van der Waals surface area contributed by atoms with E-state index in [1.807, 2.05) is 54.6 Å². The quantitative estimate of drug-likeness (QED) is 0.417. The maximum atomic E-state index is 13.1. The molecule has 2 heterocycles. The van der Waals surface area contributed by atoms with E-state index in [0.29, 0.717) is 16.3 Å². The van der Waals surface area contributed by atoms with Crippen molar-refractivity contribution < 1.29 is 9.53 Å². The number of aromatic nitrogens is 1. The SMILES string of the molecule is COc1ccccc1N1CCN(c2ncc(C(=O)Nc3cccc(Cl)c3)c3ccccc23)CC1. The van der Waals surface area contributed by atoms with Crippen molar-refractivity contribution >= 4 is 45.5 Å². The molecule has 1 amide bonds. The van der Waals surface area contributed by atoms with Crippen molar-refractivity contribution in [2.45, 2.75) is 0 Å². The minimum absolute atomic E-state index is 0.210. The second kappa shape index (κ2) is 9.61. The Bertz CT molecular complexity index is 1340. The summed E-state index contributed by atoms with van der Waals surface area (Å²) < 4.78 is 5.54. The molecule has 1 aliphatic heterocycles. The number of carbonyl (C=O) groups excluding carboxylic acids is 1. The predicted molar refractivity (Wildman–Crippen MR) is 139 cm³/mol. The molecule has 7 heteroatoms. The van der Waals surface area contributed by atoms with Crippen molar-refractivity contribution in [1.29, 1.82) is 0 Å². The Labute approximate surface area is 203 Å². The van der Waals surface area contributed by atoms with Crippen LogP contribution in [0.2, 0.25) is 5.02 Å². The van der Waals surface area contributed by atoms with E-state index in [4.69, 9.17) is 21.3 Å². The fraction of sp³-hybridized carbons (Fsp3) is 0.185. The van der Waals surface area contributed by atoms with Crippen LogP contribution >= 0.6 is 11.6 Å². The Morgan fingerprint density at radius 3 is 2.38 bits per heavy atom. The number of pyridine rings is 1. The number of amides is 1. The van der Waals surface area contributed by atoms with Gasteiger partial charge in [0.2, 0.25) is 0 Å². The molecule has 3 aromatic carbocycles. The van der Waals surface area contributed by atoms with Gasteiger partial charge in [-0.3, -0.25) is 4.79 Å². The molecule has 1 aliphatic rings. The maximum absolute atomic E-state index is 13.1. The molecule has 0 bridgehead atoms. The highest BCUT2D eigenvalue weighted by Crippen LogP contribution is 2.32. The van der Waals surface area contributed by atoms with Crippen LogP contribution in [-0.4, -0.2) is 44.2 Å². The number of nitrogens with one attached hydrogen (secondary N) is 1. The number of methoxy groups -OCH3 is 1. The van der Waals surface area contributed by atoms with Crippen LogP contribution in [0.5, 0.6) is 5.75 Å². The normalized spacial score (nSPS) is 13.7. The minimum atomic E-state index is -0.210. The zero-order chi connectivity index (χ0) is 23.5. The van der Waals surface area contributed by atoms with Gasteiger partial charge in [-0.1, -0.05) is 54.1 Å². The zero-order valence-corrected chi connectivity index (χ0v) is 19.6. The Morgan fingerprint density at radius 1 is 0.912 bits per heavy atom. The van der Waals surface area contributed by atoms with Gasteiger partial charge in [-0.15, -0.1) is 0 Å². The van der Waals surface area contributed by atoms with E-state index in [0.717, 1.165) is 54.2 Å². The summed E-state index contributed by atoms with van der Waals surface area (Å²) in [7, 11) is 1.70. The topological polar surface area (TPSA) is 57.7 Å². The smallest absolute Gasteiger partial charge is 0.257 e. The standard InChI is InChI=1S/C27H25ClN4O2/c1-34-25-12-5-4-11-24(25)31-13-15-32(16-14-31)26-22-10-3-2-9-21(22)23(18-29-26)27(33)30-20-8-6-7-19(28)17-20/h2-12,17-18H,13-16H2,1H3,(H,30,33). The summed E-state index contributed by atoms with van der Waals surface area (Å²) in [5.74, 6) is 1.57. The van der Waals surface area contributed by atoms with Gasteiger partial charge in [-0.05, 0) is 35.7 Å². The number of piperazine rings is 1. The van der Waals surface area contributed by atoms with E-state index in [2.05, 4.69) is 21.2 Å². The number of nitrogens with zero attached hydrogens (tertiary/aromatic N) is 3. The molecule has 5 rings (SSSR count). The lowest BCUT2D eigenvalue weighted by molar-refractivity contribution is 0.102. The Kier molecular flexibility index (Phi) is 6.23. The number of ether oxygens (including phenoxy) is 1. The molecule has 1 aromatic heterocycles. The summed E-state index contributed by atoms with van der Waals surface area (Å²) in [4.78, 5) is 22.4. The third-order valence-corrected chi connectivity index (χ3v) is 6.34. The van der Waals surface area contributed by atoms with E-state index in [-0.39, 0.29) is 5.91 Å². The van der Waals surface area contributed by atoms with E-state index in [9.17, 15) is 4.79 Å². The van der Waals surface area contributed by atoms with Crippen molar-refractivity contribution in [3.63, 3.8) is 0 Å². The highest BCUT2D eigenvalue weighted by Gasteiger charge is 2.23. The van der Waals surface area contributed by atoms with Gasteiger partial charge in [-0.25, -0.2) is 4.98 Å². The van der Waals surface area contributed by atoms with Crippen LogP contribution in [0.25, 0.3) is 10.8 Å². The highest BCUT2D eigenvalue weighted by molar-refractivity contribution is 6.31. The van der Waals surface area contributed by atoms with E-state index in [1.54, 1.807) is 25.4 Å². The fourth-order valence-electron chi connectivity index (χ4n) is 4.43. The summed E-state index contributed by atoms with van der Waals surface area (Å²) in [6, 6.07) is 23.2. The van der Waals surface area contributed by atoms with Gasteiger partial charge in [0.05, 0.1) is 18.4 Å². The molecule has 4 aromatic rings. The summed E-state index contributed by atoms with van der Waals surface area (Å²) in [5.41, 5.74) is 2.29. The van der Waals surface area contributed by atoms with Gasteiger partial charge in [-0.2, -0.15) is 0 Å². The highest BCUT2D eigenvalue weighted by atomic mass is 35.5. The number of rotatable bonds is 5. The van der Waals surface area contributed by atoms with Crippen molar-refractivity contribution in [2.24, 2.45) is 0 Å². The first-order valence-corrected chi connectivity index (χ1v) is 11.6. The van der Waals surface area contributed by atoms with Gasteiger partial charge >= 0.3 is 0 Å². The minimum Gasteiger partial charge on any atom is -0.495 e. The molecular formula is C27H25ClN4O2. The van der Waals surface area contributed by atoms with Crippen LogP contribution in [0.3, 0.4) is 0 Å². The summed E-state index contributed by atoms with van der Waals surface area (Å²) in [6.45, 7) is 3.35. The van der Waals surface area contributed by atoms with E-state index in [1.165, 1.54) is 0 Å². The fourth-order valence-corrected chi connectivity index (χ4v) is 4.62. The molecule has 1 saturated heterocycles. The maximum Gasteiger partial charge on any atom is 0.257 e. The van der Waals surface area contributed by atoms with Gasteiger partial charge in [0, 0.05) is 48.5 Å². The molecule has 0 aliphatic carbocycles. The lowest BCUT2D eigenvalue weighted by Gasteiger charge is -2.37. The van der Waals surface area contributed by atoms with Crippen LogP contribution in [0, 0.1) is 0 Å². The number of benzene rings is 3. The number of halogens is 1. The Balaban J connectivity index is 1.39. The summed E-state index contributed by atoms with van der Waals surface area (Å²) >= 11 is 6.06. The van der Waals surface area contributed by atoms with Crippen LogP contribution in [-0.2, 0) is 0 Å². The second-order valence-electron chi connectivity index (χ2n) is 8.15. The molecule has 34 heavy (non-hydrogen) atoms. The van der Waals surface area contributed by atoms with Crippen molar-refractivity contribution in [1.82, 2.24) is 4.98 Å². The van der Waals surface area contributed by atoms with Crippen LogP contribution < -0.4 is 19.9 Å². The molecule has 172 valence electrons. The number of hydrogen-bond acceptors (Lipinski definition) is 5. The van der Waals surface area contributed by atoms with Gasteiger partial charge in [0.25, 0.3) is 5.91 Å². The zero-order valence-electron chi connectivity index (χ0n) is 18.9. The van der Waals surface area contributed by atoms with Crippen LogP contribution in [0.4, 0.5) is 17.2 Å². The van der Waals surface area contributed by atoms with Crippen LogP contribution in [0.15, 0.2) is 79.0 Å². The first-order chi connectivity index (χ1) is 16.6. The number of hydrogen-bond donors (Lipinski definition) is 1. The third kappa shape index (κ3) is 4.37. The average molecular weight is 473 g/mol. The number of anilines is 3. The van der Waals surface area contributed by atoms with E-state index < -0.39 is 0 Å². The first-order valence-electron chi connectivity index (χ1n) is 11.2. The molecule has 0 saturated carbocycles. The van der Waals surface area contributed by atoms with Crippen molar-refractivity contribution in [3.8, 4) is 5.75 Å². The van der Waals surface area contributed by atoms with Gasteiger partial charge < -0.3 is 19.9 Å². The molecular weight excluding hydrogens is 448 g/mol. The monoisotopic (exact) mass is 472 g/mol. The van der Waals surface area contributed by atoms with Gasteiger partial charge in [0.1, 0.15) is 11.6 Å². The molecule has 0 atom stereocenters. The Hall–Kier alpha value is -3.77. The lowest BCUT2D eigenvalue weighted by Crippen LogP contribution is -2.47. The molecule has 0 unspecified atom stereocenters. The number of carbonyl (C=O) groups is 1. The summed E-state index contributed by atoms with van der Waals surface area (Å²) in [5, 5.41) is 5.34. The van der Waals surface area contributed by atoms with Gasteiger partial charge in [0.15, 0.2) is 0 Å². The predicted octanol–water partition coefficient (Wildman–Crippen LogP) is 5.48. The molecule has 0 spiro atoms. The Morgan fingerprint density at radius 2 is 1.62 bits per heavy atom. The number of para-hydroxylation sites is 2. The van der Waals surface area contributed by atoms with E-state index >= 15 is 0 Å². The summed E-state index contributed by atoms with van der Waals surface area (Å²) in [6.07, 6.45) is 1.67. The largest absolute Gasteiger partial charge is 0.495 e. The average Bonchev–Trinajstić information content (AvgIpc) is 2.88. The number of fused-ring (bicyclic) bond motifs is 1. The second-order valence-corrected chi connectivity index (χ2v) is 8.59. The van der Waals surface area contributed by atoms with Crippen molar-refractivity contribution in [3.05, 3.63) is 89.6 Å². The third-order valence-electron chi connectivity index (χ3n) is 6.11. The lowest BCUT2D eigenvalue weighted by atomic mass is 10.1. The van der Waals surface area contributed by atoms with Crippen molar-refractivity contribution in [2.75, 3.05) is 48.4 Å². The molecule has 6 nitrogen and oxygen atoms in total. The first kappa shape index (κ1) is 22.0. The molecule has 1 N–H and O–H groups in total. The molecule has 0 radical (unpaired) electrons. The molecule has 1 fully saturated rings. The van der Waals surface area contributed by atoms with Crippen LogP contribution in [0.1, 0.15) is 10.4 Å².